The first-order valence-corrected chi connectivity index (χ1v) is 11.6. The zero-order valence-electron chi connectivity index (χ0n) is 18.8. The second kappa shape index (κ2) is 7.55. The predicted molar refractivity (Wildman–Crippen MR) is 143 cm³/mol. The van der Waals surface area contributed by atoms with E-state index in [9.17, 15) is 0 Å². The molecule has 162 valence electrons. The average molecular weight is 446 g/mol. The smallest absolute Gasteiger partial charge is 0.146 e. The number of nitrogens with zero attached hydrogens (tertiary/aromatic N) is 3. The summed E-state index contributed by atoms with van der Waals surface area (Å²) in [5, 5.41) is 12.6. The van der Waals surface area contributed by atoms with Gasteiger partial charge in [0, 0.05) is 10.8 Å². The van der Waals surface area contributed by atoms with Crippen molar-refractivity contribution in [2.24, 2.45) is 0 Å². The third kappa shape index (κ3) is 3.01. The normalized spacial score (nSPS) is 11.4. The van der Waals surface area contributed by atoms with Crippen LogP contribution < -0.4 is 0 Å². The number of rotatable bonds is 2. The van der Waals surface area contributed by atoms with E-state index in [0.717, 1.165) is 38.7 Å². The number of para-hydroxylation sites is 3. The van der Waals surface area contributed by atoms with Crippen LogP contribution >= 0.6 is 0 Å². The Kier molecular flexibility index (Phi) is 4.21. The monoisotopic (exact) mass is 445 g/mol. The van der Waals surface area contributed by atoms with Crippen molar-refractivity contribution in [3.63, 3.8) is 0 Å². The second-order valence-corrected chi connectivity index (χ2v) is 8.80. The Hall–Kier alpha value is -4.94. The molecular weight excluding hydrogens is 426 g/mol. The summed E-state index contributed by atoms with van der Waals surface area (Å²) in [4.78, 5) is 5.00. The zero-order chi connectivity index (χ0) is 23.4. The van der Waals surface area contributed by atoms with E-state index in [1.165, 1.54) is 21.9 Å². The van der Waals surface area contributed by atoms with Gasteiger partial charge in [0.05, 0.1) is 28.2 Å². The molecule has 0 N–H and O–H groups in total. The molecule has 0 fully saturated rings. The highest BCUT2D eigenvalue weighted by molar-refractivity contribution is 6.14. The minimum atomic E-state index is 0.674. The number of fused-ring (bicyclic) bond motifs is 8. The average Bonchev–Trinajstić information content (AvgIpc) is 3.33. The molecule has 0 aliphatic heterocycles. The Bertz CT molecular complexity index is 1940. The van der Waals surface area contributed by atoms with Gasteiger partial charge in [0.15, 0.2) is 0 Å². The van der Waals surface area contributed by atoms with Gasteiger partial charge in [-0.05, 0) is 70.1 Å². The molecule has 3 nitrogen and oxygen atoms in total. The first-order chi connectivity index (χ1) is 17.3. The maximum Gasteiger partial charge on any atom is 0.146 e. The van der Waals surface area contributed by atoms with Crippen LogP contribution in [0.3, 0.4) is 0 Å². The highest BCUT2D eigenvalue weighted by atomic mass is 15.0. The molecule has 0 saturated heterocycles. The first-order valence-electron chi connectivity index (χ1n) is 11.6. The topological polar surface area (TPSA) is 41.1 Å². The van der Waals surface area contributed by atoms with Crippen molar-refractivity contribution in [3.05, 3.63) is 121 Å². The van der Waals surface area contributed by atoms with Crippen LogP contribution in [0.1, 0.15) is 5.56 Å². The molecule has 35 heavy (non-hydrogen) atoms. The SMILES string of the molecule is N#Cc1ccc(-c2ccc(-c3ccc4c(c3)c3ccccc3n3c5ccccc5nc43)cc2)cc1. The van der Waals surface area contributed by atoms with Crippen LogP contribution in [0.25, 0.3) is 60.6 Å². The van der Waals surface area contributed by atoms with Gasteiger partial charge in [0.2, 0.25) is 0 Å². The summed E-state index contributed by atoms with van der Waals surface area (Å²) in [6.07, 6.45) is 0. The Morgan fingerprint density at radius 3 is 1.89 bits per heavy atom. The number of nitriles is 1. The molecule has 7 rings (SSSR count). The number of hydrogen-bond donors (Lipinski definition) is 0. The molecule has 0 amide bonds. The van der Waals surface area contributed by atoms with Gasteiger partial charge < -0.3 is 0 Å². The number of aromatic nitrogens is 2. The number of pyridine rings is 1. The maximum atomic E-state index is 9.04. The molecule has 0 spiro atoms. The summed E-state index contributed by atoms with van der Waals surface area (Å²) in [7, 11) is 0. The van der Waals surface area contributed by atoms with Gasteiger partial charge >= 0.3 is 0 Å². The summed E-state index contributed by atoms with van der Waals surface area (Å²) >= 11 is 0. The van der Waals surface area contributed by atoms with Gasteiger partial charge in [-0.1, -0.05) is 72.8 Å². The summed E-state index contributed by atoms with van der Waals surface area (Å²) in [6.45, 7) is 0. The summed E-state index contributed by atoms with van der Waals surface area (Å²) in [5.41, 5.74) is 9.55. The number of imidazole rings is 1. The van der Waals surface area contributed by atoms with Crippen molar-refractivity contribution in [1.29, 1.82) is 5.26 Å². The van der Waals surface area contributed by atoms with Crippen molar-refractivity contribution in [1.82, 2.24) is 9.38 Å². The van der Waals surface area contributed by atoms with Gasteiger partial charge in [0.25, 0.3) is 0 Å². The number of benzene rings is 5. The summed E-state index contributed by atoms with van der Waals surface area (Å²) in [6, 6.07) is 42.1. The van der Waals surface area contributed by atoms with E-state index in [4.69, 9.17) is 10.2 Å². The van der Waals surface area contributed by atoms with Gasteiger partial charge in [-0.15, -0.1) is 0 Å². The molecule has 0 aliphatic rings. The van der Waals surface area contributed by atoms with E-state index in [-0.39, 0.29) is 0 Å². The van der Waals surface area contributed by atoms with E-state index in [2.05, 4.69) is 95.4 Å². The van der Waals surface area contributed by atoms with Crippen LogP contribution in [0.15, 0.2) is 115 Å². The molecule has 0 saturated carbocycles. The second-order valence-electron chi connectivity index (χ2n) is 8.80. The van der Waals surface area contributed by atoms with Crippen LogP contribution in [-0.4, -0.2) is 9.38 Å². The molecule has 5 aromatic carbocycles. The van der Waals surface area contributed by atoms with E-state index in [1.54, 1.807) is 0 Å². The fraction of sp³-hybridized carbons (Fsp3) is 0. The van der Waals surface area contributed by atoms with Crippen LogP contribution in [0.5, 0.6) is 0 Å². The predicted octanol–water partition coefficient (Wildman–Crippen LogP) is 8.00. The zero-order valence-corrected chi connectivity index (χ0v) is 18.8. The van der Waals surface area contributed by atoms with Crippen molar-refractivity contribution in [2.45, 2.75) is 0 Å². The Balaban J connectivity index is 1.41. The third-order valence-corrected chi connectivity index (χ3v) is 6.82. The third-order valence-electron chi connectivity index (χ3n) is 6.82. The van der Waals surface area contributed by atoms with Crippen molar-refractivity contribution >= 4 is 38.4 Å². The standard InChI is InChI=1S/C32H19N3/c33-20-21-9-11-22(12-10-21)23-13-15-24(16-14-23)25-17-18-27-28(19-25)26-5-1-3-7-30(26)35-31-8-4-2-6-29(31)34-32(27)35/h1-19H. The van der Waals surface area contributed by atoms with E-state index in [0.29, 0.717) is 5.56 Å². The largest absolute Gasteiger partial charge is 0.292 e. The molecule has 2 heterocycles. The minimum Gasteiger partial charge on any atom is -0.292 e. The van der Waals surface area contributed by atoms with Gasteiger partial charge in [0.1, 0.15) is 5.65 Å². The molecule has 0 radical (unpaired) electrons. The number of hydrogen-bond acceptors (Lipinski definition) is 2. The molecular formula is C32H19N3. The van der Waals surface area contributed by atoms with Crippen molar-refractivity contribution < 1.29 is 0 Å². The molecule has 7 aromatic rings. The lowest BCUT2D eigenvalue weighted by Gasteiger charge is -2.11. The van der Waals surface area contributed by atoms with Crippen molar-refractivity contribution in [2.75, 3.05) is 0 Å². The summed E-state index contributed by atoms with van der Waals surface area (Å²) < 4.78 is 2.28. The molecule has 0 atom stereocenters. The quantitative estimate of drug-likeness (QED) is 0.253. The van der Waals surface area contributed by atoms with Gasteiger partial charge in [-0.25, -0.2) is 4.98 Å². The molecule has 0 unspecified atom stereocenters. The molecule has 0 bridgehead atoms. The van der Waals surface area contributed by atoms with E-state index in [1.807, 2.05) is 30.3 Å². The van der Waals surface area contributed by atoms with Crippen LogP contribution in [0, 0.1) is 11.3 Å². The van der Waals surface area contributed by atoms with Crippen LogP contribution in [-0.2, 0) is 0 Å². The lowest BCUT2D eigenvalue weighted by atomic mass is 9.97. The van der Waals surface area contributed by atoms with Gasteiger partial charge in [-0.3, -0.25) is 4.40 Å². The Morgan fingerprint density at radius 2 is 1.14 bits per heavy atom. The maximum absolute atomic E-state index is 9.04. The van der Waals surface area contributed by atoms with E-state index >= 15 is 0 Å². The molecule has 3 heteroatoms. The van der Waals surface area contributed by atoms with E-state index < -0.39 is 0 Å². The lowest BCUT2D eigenvalue weighted by molar-refractivity contribution is 1.31. The lowest BCUT2D eigenvalue weighted by Crippen LogP contribution is -1.91. The highest BCUT2D eigenvalue weighted by Gasteiger charge is 2.14. The Morgan fingerprint density at radius 1 is 0.543 bits per heavy atom. The highest BCUT2D eigenvalue weighted by Crippen LogP contribution is 2.35. The van der Waals surface area contributed by atoms with Crippen LogP contribution in [0.2, 0.25) is 0 Å². The fourth-order valence-electron chi connectivity index (χ4n) is 5.08. The Labute approximate surface area is 202 Å². The van der Waals surface area contributed by atoms with Crippen LogP contribution in [0.4, 0.5) is 0 Å². The minimum absolute atomic E-state index is 0.674. The first kappa shape index (κ1) is 19.5. The summed E-state index contributed by atoms with van der Waals surface area (Å²) in [5.74, 6) is 0. The van der Waals surface area contributed by atoms with Crippen molar-refractivity contribution in [3.8, 4) is 28.3 Å². The fourth-order valence-corrected chi connectivity index (χ4v) is 5.08. The van der Waals surface area contributed by atoms with Gasteiger partial charge in [-0.2, -0.15) is 5.26 Å². The molecule has 0 aliphatic carbocycles. The molecule has 2 aromatic heterocycles.